The van der Waals surface area contributed by atoms with Gasteiger partial charge in [0.1, 0.15) is 0 Å². The number of nitrogens with zero attached hydrogens (tertiary/aromatic N) is 1. The van der Waals surface area contributed by atoms with Gasteiger partial charge in [-0.2, -0.15) is 0 Å². The van der Waals surface area contributed by atoms with Crippen molar-refractivity contribution in [3.8, 4) is 0 Å². The molecule has 2 N–H and O–H groups in total. The van der Waals surface area contributed by atoms with Crippen LogP contribution in [-0.4, -0.2) is 35.7 Å². The molecule has 0 radical (unpaired) electrons. The smallest absolute Gasteiger partial charge is 0.170 e. The van der Waals surface area contributed by atoms with Gasteiger partial charge in [0.05, 0.1) is 10.0 Å². The Hall–Kier alpha value is -0.550. The van der Waals surface area contributed by atoms with E-state index < -0.39 is 0 Å². The standard InChI is InChI=1S/C14H19Cl2N3S/c1-2-19-7-5-10(6-8-19)17-14(20)18-11-3-4-12(15)13(16)9-11/h3-4,9-10H,2,5-8H2,1H3,(H2,17,18,20). The van der Waals surface area contributed by atoms with Gasteiger partial charge >= 0.3 is 0 Å². The second kappa shape index (κ2) is 7.46. The summed E-state index contributed by atoms with van der Waals surface area (Å²) in [4.78, 5) is 2.45. The molecule has 0 unspecified atom stereocenters. The summed E-state index contributed by atoms with van der Waals surface area (Å²) >= 11 is 17.2. The molecule has 1 aromatic rings. The minimum absolute atomic E-state index is 0.445. The highest BCUT2D eigenvalue weighted by molar-refractivity contribution is 7.80. The highest BCUT2D eigenvalue weighted by Gasteiger charge is 2.18. The van der Waals surface area contributed by atoms with E-state index >= 15 is 0 Å². The van der Waals surface area contributed by atoms with Crippen LogP contribution in [0.15, 0.2) is 18.2 Å². The quantitative estimate of drug-likeness (QED) is 0.824. The SMILES string of the molecule is CCN1CCC(NC(=S)Nc2ccc(Cl)c(Cl)c2)CC1. The number of halogens is 2. The fourth-order valence-electron chi connectivity index (χ4n) is 2.32. The van der Waals surface area contributed by atoms with E-state index in [9.17, 15) is 0 Å². The molecule has 0 atom stereocenters. The lowest BCUT2D eigenvalue weighted by Gasteiger charge is -2.32. The van der Waals surface area contributed by atoms with Crippen molar-refractivity contribution in [2.45, 2.75) is 25.8 Å². The Bertz CT molecular complexity index is 473. The summed E-state index contributed by atoms with van der Waals surface area (Å²) in [5.41, 5.74) is 0.850. The van der Waals surface area contributed by atoms with Gasteiger partial charge in [-0.25, -0.2) is 0 Å². The average Bonchev–Trinajstić information content (AvgIpc) is 2.44. The van der Waals surface area contributed by atoms with E-state index in [0.717, 1.165) is 38.2 Å². The molecule has 1 aromatic carbocycles. The zero-order chi connectivity index (χ0) is 14.5. The fraction of sp³-hybridized carbons (Fsp3) is 0.500. The second-order valence-electron chi connectivity index (χ2n) is 4.94. The molecule has 0 aromatic heterocycles. The van der Waals surface area contributed by atoms with Gasteiger partial charge in [0, 0.05) is 24.8 Å². The molecule has 0 bridgehead atoms. The minimum Gasteiger partial charge on any atom is -0.360 e. The van der Waals surface area contributed by atoms with Crippen LogP contribution in [0.25, 0.3) is 0 Å². The van der Waals surface area contributed by atoms with Crippen molar-refractivity contribution in [3.05, 3.63) is 28.2 Å². The first-order valence-electron chi connectivity index (χ1n) is 6.83. The summed E-state index contributed by atoms with van der Waals surface area (Å²) < 4.78 is 0. The minimum atomic E-state index is 0.445. The molecular weight excluding hydrogens is 313 g/mol. The van der Waals surface area contributed by atoms with Crippen LogP contribution >= 0.6 is 35.4 Å². The number of piperidine rings is 1. The Morgan fingerprint density at radius 1 is 1.30 bits per heavy atom. The Kier molecular flexibility index (Phi) is 5.90. The Morgan fingerprint density at radius 2 is 2.00 bits per heavy atom. The second-order valence-corrected chi connectivity index (χ2v) is 6.16. The van der Waals surface area contributed by atoms with E-state index in [1.165, 1.54) is 0 Å². The molecule has 20 heavy (non-hydrogen) atoms. The molecule has 2 rings (SSSR count). The molecule has 3 nitrogen and oxygen atoms in total. The van der Waals surface area contributed by atoms with Gasteiger partial charge in [-0.3, -0.25) is 0 Å². The fourth-order valence-corrected chi connectivity index (χ4v) is 2.90. The summed E-state index contributed by atoms with van der Waals surface area (Å²) in [5, 5.41) is 8.22. The first-order chi connectivity index (χ1) is 9.58. The zero-order valence-electron chi connectivity index (χ0n) is 11.5. The highest BCUT2D eigenvalue weighted by Crippen LogP contribution is 2.25. The van der Waals surface area contributed by atoms with Gasteiger partial charge in [0.25, 0.3) is 0 Å². The molecule has 110 valence electrons. The van der Waals surface area contributed by atoms with E-state index in [1.807, 2.05) is 6.07 Å². The Morgan fingerprint density at radius 3 is 2.60 bits per heavy atom. The number of hydrogen-bond donors (Lipinski definition) is 2. The Balaban J connectivity index is 1.82. The third-order valence-electron chi connectivity index (χ3n) is 3.55. The largest absolute Gasteiger partial charge is 0.360 e. The van der Waals surface area contributed by atoms with Gasteiger partial charge in [-0.1, -0.05) is 30.1 Å². The maximum atomic E-state index is 5.98. The molecule has 0 saturated carbocycles. The first kappa shape index (κ1) is 15.8. The van der Waals surface area contributed by atoms with Crippen molar-refractivity contribution in [1.82, 2.24) is 10.2 Å². The molecule has 1 aliphatic rings. The summed E-state index contributed by atoms with van der Waals surface area (Å²) in [7, 11) is 0. The van der Waals surface area contributed by atoms with Crippen molar-refractivity contribution in [3.63, 3.8) is 0 Å². The molecule has 0 aliphatic carbocycles. The van der Waals surface area contributed by atoms with E-state index in [-0.39, 0.29) is 0 Å². The van der Waals surface area contributed by atoms with Crippen LogP contribution in [0.3, 0.4) is 0 Å². The lowest BCUT2D eigenvalue weighted by atomic mass is 10.1. The maximum absolute atomic E-state index is 5.98. The van der Waals surface area contributed by atoms with Gasteiger partial charge < -0.3 is 15.5 Å². The van der Waals surface area contributed by atoms with Gasteiger partial charge in [-0.05, 0) is 49.8 Å². The van der Waals surface area contributed by atoms with E-state index in [4.69, 9.17) is 35.4 Å². The first-order valence-corrected chi connectivity index (χ1v) is 8.00. The van der Waals surface area contributed by atoms with E-state index in [0.29, 0.717) is 21.2 Å². The third kappa shape index (κ3) is 4.48. The predicted octanol–water partition coefficient (Wildman–Crippen LogP) is 3.76. The molecule has 0 spiro atoms. The molecule has 0 amide bonds. The number of rotatable bonds is 3. The normalized spacial score (nSPS) is 16.9. The highest BCUT2D eigenvalue weighted by atomic mass is 35.5. The molecule has 1 fully saturated rings. The summed E-state index contributed by atoms with van der Waals surface area (Å²) in [5.74, 6) is 0. The average molecular weight is 332 g/mol. The van der Waals surface area contributed by atoms with Crippen LogP contribution in [0.1, 0.15) is 19.8 Å². The summed E-state index contributed by atoms with van der Waals surface area (Å²) in [6.45, 7) is 5.58. The summed E-state index contributed by atoms with van der Waals surface area (Å²) in [6, 6.07) is 5.84. The van der Waals surface area contributed by atoms with Crippen LogP contribution in [0.2, 0.25) is 10.0 Å². The number of likely N-dealkylation sites (tertiary alicyclic amines) is 1. The number of nitrogens with one attached hydrogen (secondary N) is 2. The Labute approximate surface area is 135 Å². The van der Waals surface area contributed by atoms with Crippen LogP contribution in [0.4, 0.5) is 5.69 Å². The molecule has 1 saturated heterocycles. The van der Waals surface area contributed by atoms with Crippen molar-refractivity contribution >= 4 is 46.2 Å². The number of hydrogen-bond acceptors (Lipinski definition) is 2. The van der Waals surface area contributed by atoms with Crippen LogP contribution < -0.4 is 10.6 Å². The van der Waals surface area contributed by atoms with Crippen molar-refractivity contribution in [2.75, 3.05) is 25.0 Å². The van der Waals surface area contributed by atoms with E-state index in [1.54, 1.807) is 12.1 Å². The van der Waals surface area contributed by atoms with Crippen molar-refractivity contribution < 1.29 is 0 Å². The van der Waals surface area contributed by atoms with Gasteiger partial charge in [0.2, 0.25) is 0 Å². The third-order valence-corrected chi connectivity index (χ3v) is 4.51. The lowest BCUT2D eigenvalue weighted by molar-refractivity contribution is 0.216. The molecular formula is C14H19Cl2N3S. The van der Waals surface area contributed by atoms with Crippen LogP contribution in [0, 0.1) is 0 Å². The summed E-state index contributed by atoms with van der Waals surface area (Å²) in [6.07, 6.45) is 2.24. The lowest BCUT2D eigenvalue weighted by Crippen LogP contribution is -2.45. The van der Waals surface area contributed by atoms with Crippen molar-refractivity contribution in [2.24, 2.45) is 0 Å². The predicted molar refractivity (Wildman–Crippen MR) is 91.0 cm³/mol. The zero-order valence-corrected chi connectivity index (χ0v) is 13.8. The topological polar surface area (TPSA) is 27.3 Å². The van der Waals surface area contributed by atoms with E-state index in [2.05, 4.69) is 22.5 Å². The molecule has 1 heterocycles. The van der Waals surface area contributed by atoms with Crippen molar-refractivity contribution in [1.29, 1.82) is 0 Å². The molecule has 1 aliphatic heterocycles. The van der Waals surface area contributed by atoms with Gasteiger partial charge in [0.15, 0.2) is 5.11 Å². The number of anilines is 1. The van der Waals surface area contributed by atoms with Gasteiger partial charge in [-0.15, -0.1) is 0 Å². The monoisotopic (exact) mass is 331 g/mol. The van der Waals surface area contributed by atoms with Crippen LogP contribution in [0.5, 0.6) is 0 Å². The maximum Gasteiger partial charge on any atom is 0.170 e. The van der Waals surface area contributed by atoms with Crippen LogP contribution in [-0.2, 0) is 0 Å². The molecule has 6 heteroatoms. The number of benzene rings is 1. The number of thiocarbonyl (C=S) groups is 1.